The number of hydrogen-bond acceptors (Lipinski definition) is 3. The molecule has 2 aromatic heterocycles. The highest BCUT2D eigenvalue weighted by Crippen LogP contribution is 2.41. The maximum Gasteiger partial charge on any atom is 0.135 e. The van der Waals surface area contributed by atoms with Crippen LogP contribution in [0.5, 0.6) is 0 Å². The first kappa shape index (κ1) is 22.5. The molecule has 0 bridgehead atoms. The van der Waals surface area contributed by atoms with Crippen molar-refractivity contribution in [2.24, 2.45) is 0 Å². The first-order chi connectivity index (χ1) is 19.7. The zero-order chi connectivity index (χ0) is 26.8. The van der Waals surface area contributed by atoms with Crippen LogP contribution < -0.4 is 0 Å². The molecule has 0 saturated heterocycles. The van der Waals surface area contributed by atoms with Crippen molar-refractivity contribution in [2.75, 3.05) is 0 Å². The molecule has 186 valence electrons. The van der Waals surface area contributed by atoms with Gasteiger partial charge in [0, 0.05) is 32.5 Å². The van der Waals surface area contributed by atoms with Crippen molar-refractivity contribution in [3.63, 3.8) is 0 Å². The summed E-state index contributed by atoms with van der Waals surface area (Å²) in [6.07, 6.45) is 0. The van der Waals surface area contributed by atoms with E-state index in [1.165, 1.54) is 12.1 Å². The normalized spacial score (nSPS) is 11.6. The fraction of sp³-hybridized carbons (Fsp3) is 0. The number of furan rings is 1. The number of benzene rings is 6. The van der Waals surface area contributed by atoms with Gasteiger partial charge in [-0.1, -0.05) is 54.6 Å². The summed E-state index contributed by atoms with van der Waals surface area (Å²) in [4.78, 5) is 5.01. The molecular weight excluding hydrogens is 495 g/mol. The molecule has 8 aromatic rings. The van der Waals surface area contributed by atoms with Crippen molar-refractivity contribution in [3.05, 3.63) is 127 Å². The van der Waals surface area contributed by atoms with E-state index in [-0.39, 0.29) is 5.82 Å². The Morgan fingerprint density at radius 2 is 1.32 bits per heavy atom. The standard InChI is InChI=1S/C36H19FN2O/c37-24-12-9-22(10-13-24)36-29-15-14-26-25(5-3-6-27(26)35(29)28-4-1-2-7-32(28)39-36)23-11-17-34-31(19-23)30-18-21(20-38)8-16-33(30)40-34/h1-19H. The minimum Gasteiger partial charge on any atom is -0.456 e. The number of hydrogen-bond donors (Lipinski definition) is 0. The van der Waals surface area contributed by atoms with Crippen LogP contribution in [0.25, 0.3) is 76.8 Å². The van der Waals surface area contributed by atoms with Crippen LogP contribution in [0.15, 0.2) is 120 Å². The third-order valence-electron chi connectivity index (χ3n) is 7.75. The van der Waals surface area contributed by atoms with Crippen LogP contribution in [0, 0.1) is 17.1 Å². The van der Waals surface area contributed by atoms with E-state index in [0.717, 1.165) is 76.8 Å². The lowest BCUT2D eigenvalue weighted by molar-refractivity contribution is 0.628. The highest BCUT2D eigenvalue weighted by molar-refractivity contribution is 6.24. The molecular formula is C36H19FN2O. The van der Waals surface area contributed by atoms with Crippen LogP contribution in [-0.4, -0.2) is 4.98 Å². The molecule has 0 N–H and O–H groups in total. The quantitative estimate of drug-likeness (QED) is 0.216. The topological polar surface area (TPSA) is 49.8 Å². The number of halogens is 1. The molecule has 40 heavy (non-hydrogen) atoms. The van der Waals surface area contributed by atoms with Gasteiger partial charge in [-0.3, -0.25) is 0 Å². The Morgan fingerprint density at radius 3 is 2.17 bits per heavy atom. The van der Waals surface area contributed by atoms with Gasteiger partial charge in [0.05, 0.1) is 22.8 Å². The predicted octanol–water partition coefficient (Wildman–Crippen LogP) is 9.79. The third-order valence-corrected chi connectivity index (χ3v) is 7.75. The molecule has 0 aliphatic heterocycles. The second-order valence-corrected chi connectivity index (χ2v) is 10.0. The van der Waals surface area contributed by atoms with Gasteiger partial charge in [0.2, 0.25) is 0 Å². The monoisotopic (exact) mass is 514 g/mol. The molecule has 0 aliphatic rings. The van der Waals surface area contributed by atoms with E-state index in [2.05, 4.69) is 54.6 Å². The molecule has 8 rings (SSSR count). The van der Waals surface area contributed by atoms with Gasteiger partial charge in [0.25, 0.3) is 0 Å². The first-order valence-electron chi connectivity index (χ1n) is 13.0. The fourth-order valence-electron chi connectivity index (χ4n) is 5.90. The molecule has 4 heteroatoms. The molecule has 0 spiro atoms. The second-order valence-electron chi connectivity index (χ2n) is 10.0. The van der Waals surface area contributed by atoms with Crippen molar-refractivity contribution in [3.8, 4) is 28.5 Å². The van der Waals surface area contributed by atoms with Gasteiger partial charge in [-0.2, -0.15) is 5.26 Å². The number of aromatic nitrogens is 1. The Bertz CT molecular complexity index is 2340. The molecule has 0 fully saturated rings. The molecule has 0 amide bonds. The second kappa shape index (κ2) is 8.49. The van der Waals surface area contributed by atoms with E-state index < -0.39 is 0 Å². The molecule has 0 saturated carbocycles. The SMILES string of the molecule is N#Cc1ccc2oc3ccc(-c4cccc5c4ccc4c(-c6ccc(F)cc6)nc6ccccc6c45)cc3c2c1. The van der Waals surface area contributed by atoms with Gasteiger partial charge in [0.15, 0.2) is 0 Å². The average Bonchev–Trinajstić information content (AvgIpc) is 3.37. The summed E-state index contributed by atoms with van der Waals surface area (Å²) < 4.78 is 19.8. The minimum absolute atomic E-state index is 0.268. The highest BCUT2D eigenvalue weighted by Gasteiger charge is 2.16. The largest absolute Gasteiger partial charge is 0.456 e. The molecule has 0 unspecified atom stereocenters. The van der Waals surface area contributed by atoms with E-state index in [1.807, 2.05) is 36.4 Å². The molecule has 2 heterocycles. The van der Waals surface area contributed by atoms with Crippen LogP contribution in [0.4, 0.5) is 4.39 Å². The summed E-state index contributed by atoms with van der Waals surface area (Å²) in [6.45, 7) is 0. The lowest BCUT2D eigenvalue weighted by atomic mass is 9.91. The van der Waals surface area contributed by atoms with Crippen molar-refractivity contribution >= 4 is 54.4 Å². The van der Waals surface area contributed by atoms with Crippen LogP contribution in [0.2, 0.25) is 0 Å². The lowest BCUT2D eigenvalue weighted by Gasteiger charge is -2.14. The number of nitrogens with zero attached hydrogens (tertiary/aromatic N) is 2. The van der Waals surface area contributed by atoms with E-state index in [1.54, 1.807) is 18.2 Å². The molecule has 3 nitrogen and oxygen atoms in total. The van der Waals surface area contributed by atoms with Gasteiger partial charge >= 0.3 is 0 Å². The van der Waals surface area contributed by atoms with Gasteiger partial charge in [-0.25, -0.2) is 9.37 Å². The van der Waals surface area contributed by atoms with Crippen LogP contribution in [0.3, 0.4) is 0 Å². The van der Waals surface area contributed by atoms with Gasteiger partial charge in [0.1, 0.15) is 17.0 Å². The molecule has 0 radical (unpaired) electrons. The number of rotatable bonds is 2. The van der Waals surface area contributed by atoms with Gasteiger partial charge in [-0.15, -0.1) is 0 Å². The molecule has 0 atom stereocenters. The lowest BCUT2D eigenvalue weighted by Crippen LogP contribution is -1.92. The minimum atomic E-state index is -0.268. The summed E-state index contributed by atoms with van der Waals surface area (Å²) in [6, 6.07) is 39.4. The fourth-order valence-corrected chi connectivity index (χ4v) is 5.90. The summed E-state index contributed by atoms with van der Waals surface area (Å²) >= 11 is 0. The van der Waals surface area contributed by atoms with Crippen LogP contribution in [-0.2, 0) is 0 Å². The Labute approximate surface area is 228 Å². The summed E-state index contributed by atoms with van der Waals surface area (Å²) in [5.74, 6) is -0.268. The summed E-state index contributed by atoms with van der Waals surface area (Å²) in [7, 11) is 0. The predicted molar refractivity (Wildman–Crippen MR) is 160 cm³/mol. The van der Waals surface area contributed by atoms with Crippen molar-refractivity contribution in [1.82, 2.24) is 4.98 Å². The number of para-hydroxylation sites is 1. The Balaban J connectivity index is 1.43. The average molecular weight is 515 g/mol. The van der Waals surface area contributed by atoms with E-state index in [0.29, 0.717) is 5.56 Å². The maximum atomic E-state index is 13.7. The summed E-state index contributed by atoms with van der Waals surface area (Å²) in [5, 5.41) is 16.8. The van der Waals surface area contributed by atoms with E-state index >= 15 is 0 Å². The number of pyridine rings is 1. The van der Waals surface area contributed by atoms with E-state index in [9.17, 15) is 9.65 Å². The van der Waals surface area contributed by atoms with Crippen LogP contribution >= 0.6 is 0 Å². The van der Waals surface area contributed by atoms with Crippen LogP contribution in [0.1, 0.15) is 5.56 Å². The third kappa shape index (κ3) is 3.32. The zero-order valence-corrected chi connectivity index (χ0v) is 21.2. The number of nitriles is 1. The van der Waals surface area contributed by atoms with Gasteiger partial charge < -0.3 is 4.42 Å². The number of fused-ring (bicyclic) bond motifs is 8. The Kier molecular flexibility index (Phi) is 4.77. The smallest absolute Gasteiger partial charge is 0.135 e. The zero-order valence-electron chi connectivity index (χ0n) is 21.2. The Hall–Kier alpha value is -5.53. The summed E-state index contributed by atoms with van der Waals surface area (Å²) in [5.41, 5.74) is 6.95. The molecule has 6 aromatic carbocycles. The molecule has 0 aliphatic carbocycles. The Morgan fingerprint density at radius 1 is 0.600 bits per heavy atom. The van der Waals surface area contributed by atoms with E-state index in [4.69, 9.17) is 9.40 Å². The maximum absolute atomic E-state index is 13.7. The van der Waals surface area contributed by atoms with Crippen molar-refractivity contribution in [2.45, 2.75) is 0 Å². The van der Waals surface area contributed by atoms with Crippen molar-refractivity contribution < 1.29 is 8.81 Å². The van der Waals surface area contributed by atoms with Crippen molar-refractivity contribution in [1.29, 1.82) is 5.26 Å². The first-order valence-corrected chi connectivity index (χ1v) is 13.0. The van der Waals surface area contributed by atoms with Gasteiger partial charge in [-0.05, 0) is 82.6 Å². The highest BCUT2D eigenvalue weighted by atomic mass is 19.1.